The minimum atomic E-state index is -3.15. The maximum atomic E-state index is 13.0. The molecule has 0 unspecified atom stereocenters. The fraction of sp³-hybridized carbons (Fsp3) is 0.700. The topological polar surface area (TPSA) is 40.6 Å². The number of hydrogen-bond donors (Lipinski definition) is 0. The molecule has 0 radical (unpaired) electrons. The lowest BCUT2D eigenvalue weighted by Gasteiger charge is -2.51. The van der Waals surface area contributed by atoms with E-state index in [-0.39, 0.29) is 17.7 Å². The maximum Gasteiger partial charge on any atom is 0.214 e. The number of nitrogens with zero attached hydrogens (tertiary/aromatic N) is 2. The van der Waals surface area contributed by atoms with Gasteiger partial charge in [-0.15, -0.1) is 0 Å². The zero-order valence-corrected chi connectivity index (χ0v) is 16.2. The van der Waals surface area contributed by atoms with Gasteiger partial charge in [0.1, 0.15) is 0 Å². The fourth-order valence-electron chi connectivity index (χ4n) is 5.22. The molecule has 4 rings (SSSR count). The van der Waals surface area contributed by atoms with Crippen molar-refractivity contribution in [1.29, 1.82) is 0 Å². The first kappa shape index (κ1) is 17.5. The first-order valence-corrected chi connectivity index (χ1v) is 11.4. The fourth-order valence-corrected chi connectivity index (χ4v) is 7.33. The summed E-state index contributed by atoms with van der Waals surface area (Å²) in [6, 6.07) is 9.32. The molecule has 138 valence electrons. The Hall–Kier alpha value is -0.910. The van der Waals surface area contributed by atoms with E-state index in [9.17, 15) is 8.42 Å². The van der Waals surface area contributed by atoms with Crippen LogP contribution in [0.15, 0.2) is 24.3 Å². The summed E-state index contributed by atoms with van der Waals surface area (Å²) in [5, 5.41) is 0. The van der Waals surface area contributed by atoms with E-state index < -0.39 is 10.0 Å². The van der Waals surface area contributed by atoms with Gasteiger partial charge in [0.05, 0.1) is 5.75 Å². The van der Waals surface area contributed by atoms with Gasteiger partial charge in [0.2, 0.25) is 10.0 Å². The molecule has 3 aliphatic rings. The molecule has 3 atom stereocenters. The molecule has 3 heterocycles. The summed E-state index contributed by atoms with van der Waals surface area (Å²) >= 11 is 0. The van der Waals surface area contributed by atoms with Gasteiger partial charge < -0.3 is 0 Å². The summed E-state index contributed by atoms with van der Waals surface area (Å²) in [7, 11) is -3.15. The summed E-state index contributed by atoms with van der Waals surface area (Å²) in [4.78, 5) is 2.61. The molecule has 25 heavy (non-hydrogen) atoms. The SMILES string of the molecule is CC(C)CS(=O)(=O)N1CCC[C@@H]2CN3CCc4ccccc4[C@@H]3C[C@@H]21. The molecule has 0 aromatic heterocycles. The van der Waals surface area contributed by atoms with E-state index in [0.717, 1.165) is 32.4 Å². The van der Waals surface area contributed by atoms with Gasteiger partial charge >= 0.3 is 0 Å². The van der Waals surface area contributed by atoms with Crippen LogP contribution in [0, 0.1) is 11.8 Å². The van der Waals surface area contributed by atoms with Crippen LogP contribution in [-0.4, -0.2) is 49.1 Å². The average molecular weight is 363 g/mol. The molecule has 5 heteroatoms. The van der Waals surface area contributed by atoms with Crippen molar-refractivity contribution in [2.45, 2.75) is 51.6 Å². The molecule has 0 spiro atoms. The van der Waals surface area contributed by atoms with E-state index in [0.29, 0.717) is 18.5 Å². The molecule has 2 fully saturated rings. The van der Waals surface area contributed by atoms with Crippen LogP contribution in [0.1, 0.15) is 50.3 Å². The van der Waals surface area contributed by atoms with E-state index in [2.05, 4.69) is 29.2 Å². The summed E-state index contributed by atoms with van der Waals surface area (Å²) in [5.41, 5.74) is 2.88. The van der Waals surface area contributed by atoms with Gasteiger partial charge in [0, 0.05) is 31.7 Å². The Morgan fingerprint density at radius 1 is 1.20 bits per heavy atom. The van der Waals surface area contributed by atoms with Crippen molar-refractivity contribution < 1.29 is 8.42 Å². The van der Waals surface area contributed by atoms with Crippen LogP contribution >= 0.6 is 0 Å². The lowest BCUT2D eigenvalue weighted by molar-refractivity contribution is 0.0219. The Bertz CT molecular complexity index is 731. The van der Waals surface area contributed by atoms with Gasteiger partial charge in [-0.2, -0.15) is 4.31 Å². The number of benzene rings is 1. The third-order valence-corrected chi connectivity index (χ3v) is 8.48. The van der Waals surface area contributed by atoms with E-state index in [1.54, 1.807) is 0 Å². The van der Waals surface area contributed by atoms with E-state index in [1.165, 1.54) is 17.5 Å². The van der Waals surface area contributed by atoms with Crippen LogP contribution in [0.5, 0.6) is 0 Å². The number of piperidine rings is 2. The highest BCUT2D eigenvalue weighted by Crippen LogP contribution is 2.43. The Balaban J connectivity index is 1.63. The van der Waals surface area contributed by atoms with Crippen molar-refractivity contribution in [2.75, 3.05) is 25.4 Å². The van der Waals surface area contributed by atoms with Crippen molar-refractivity contribution >= 4 is 10.0 Å². The third-order valence-electron chi connectivity index (χ3n) is 6.23. The van der Waals surface area contributed by atoms with Gasteiger partial charge in [0.25, 0.3) is 0 Å². The van der Waals surface area contributed by atoms with Crippen molar-refractivity contribution in [1.82, 2.24) is 9.21 Å². The lowest BCUT2D eigenvalue weighted by atomic mass is 9.77. The molecule has 3 aliphatic heterocycles. The second kappa shape index (κ2) is 6.67. The normalized spacial score (nSPS) is 30.6. The van der Waals surface area contributed by atoms with E-state index >= 15 is 0 Å². The molecule has 0 aliphatic carbocycles. The summed E-state index contributed by atoms with van der Waals surface area (Å²) in [5.74, 6) is 0.958. The molecule has 1 aromatic rings. The van der Waals surface area contributed by atoms with Crippen molar-refractivity contribution in [3.8, 4) is 0 Å². The van der Waals surface area contributed by atoms with Crippen LogP contribution in [0.4, 0.5) is 0 Å². The monoisotopic (exact) mass is 362 g/mol. The smallest absolute Gasteiger partial charge is 0.214 e. The standard InChI is InChI=1S/C20H30N2O2S/c1-15(2)14-25(23,24)22-10-5-7-17-13-21-11-9-16-6-3-4-8-18(16)20(21)12-19(17)22/h3-4,6,8,15,17,19-20H,5,7,9-14H2,1-2H3/t17-,19+,20+/m1/s1. The van der Waals surface area contributed by atoms with E-state index in [1.807, 2.05) is 18.2 Å². The van der Waals surface area contributed by atoms with Gasteiger partial charge in [-0.05, 0) is 48.6 Å². The van der Waals surface area contributed by atoms with Gasteiger partial charge in [0.15, 0.2) is 0 Å². The van der Waals surface area contributed by atoms with Gasteiger partial charge in [-0.3, -0.25) is 4.90 Å². The van der Waals surface area contributed by atoms with Crippen molar-refractivity contribution in [3.05, 3.63) is 35.4 Å². The van der Waals surface area contributed by atoms with E-state index in [4.69, 9.17) is 0 Å². The minimum Gasteiger partial charge on any atom is -0.296 e. The molecule has 0 amide bonds. The molecule has 0 saturated carbocycles. The Morgan fingerprint density at radius 2 is 2.00 bits per heavy atom. The largest absolute Gasteiger partial charge is 0.296 e. The zero-order chi connectivity index (χ0) is 17.6. The summed E-state index contributed by atoms with van der Waals surface area (Å²) in [6.07, 6.45) is 4.26. The number of fused-ring (bicyclic) bond motifs is 4. The molecule has 2 saturated heterocycles. The highest BCUT2D eigenvalue weighted by Gasteiger charge is 2.45. The predicted molar refractivity (Wildman–Crippen MR) is 101 cm³/mol. The molecule has 0 bridgehead atoms. The maximum absolute atomic E-state index is 13.0. The highest BCUT2D eigenvalue weighted by atomic mass is 32.2. The summed E-state index contributed by atoms with van der Waals surface area (Å²) < 4.78 is 27.8. The Labute approximate surface area is 152 Å². The average Bonchev–Trinajstić information content (AvgIpc) is 2.58. The molecular formula is C20H30N2O2S. The van der Waals surface area contributed by atoms with Crippen LogP contribution in [0.3, 0.4) is 0 Å². The number of rotatable bonds is 3. The van der Waals surface area contributed by atoms with Crippen molar-refractivity contribution in [3.63, 3.8) is 0 Å². The Morgan fingerprint density at radius 3 is 2.80 bits per heavy atom. The second-order valence-corrected chi connectivity index (χ2v) is 10.4. The van der Waals surface area contributed by atoms with Crippen LogP contribution in [-0.2, 0) is 16.4 Å². The molecular weight excluding hydrogens is 332 g/mol. The lowest BCUT2D eigenvalue weighted by Crippen LogP contribution is -2.57. The Kier molecular flexibility index (Phi) is 4.67. The highest BCUT2D eigenvalue weighted by molar-refractivity contribution is 7.89. The predicted octanol–water partition coefficient (Wildman–Crippen LogP) is 3.06. The second-order valence-electron chi connectivity index (χ2n) is 8.45. The van der Waals surface area contributed by atoms with Crippen LogP contribution in [0.25, 0.3) is 0 Å². The first-order chi connectivity index (χ1) is 12.0. The van der Waals surface area contributed by atoms with Crippen LogP contribution in [0.2, 0.25) is 0 Å². The summed E-state index contributed by atoms with van der Waals surface area (Å²) in [6.45, 7) is 6.88. The number of hydrogen-bond acceptors (Lipinski definition) is 3. The van der Waals surface area contributed by atoms with Gasteiger partial charge in [-0.25, -0.2) is 8.42 Å². The molecule has 0 N–H and O–H groups in total. The quantitative estimate of drug-likeness (QED) is 0.830. The zero-order valence-electron chi connectivity index (χ0n) is 15.4. The first-order valence-electron chi connectivity index (χ1n) is 9.77. The third kappa shape index (κ3) is 3.26. The van der Waals surface area contributed by atoms with Gasteiger partial charge in [-0.1, -0.05) is 38.1 Å². The molecule has 1 aromatic carbocycles. The molecule has 4 nitrogen and oxygen atoms in total. The van der Waals surface area contributed by atoms with Crippen LogP contribution < -0.4 is 0 Å². The minimum absolute atomic E-state index is 0.181. The van der Waals surface area contributed by atoms with Crippen molar-refractivity contribution in [2.24, 2.45) is 11.8 Å². The number of sulfonamides is 1.